The molecule has 8 heteroatoms. The number of aromatic nitrogens is 3. The summed E-state index contributed by atoms with van der Waals surface area (Å²) in [5.41, 5.74) is 0.379. The minimum absolute atomic E-state index is 0.0286. The Morgan fingerprint density at radius 1 is 1.31 bits per heavy atom. The van der Waals surface area contributed by atoms with Gasteiger partial charge in [-0.25, -0.2) is 9.78 Å². The van der Waals surface area contributed by atoms with Crippen molar-refractivity contribution >= 4 is 22.9 Å². The standard InChI is InChI=1S/C18H13ClN4O2S/c19-15-4-2-1-3-14(15)16-21-12(10-26-16)9-23-17(24)11(7-20)8-22(18(23)25)13-5-6-13/h1-4,8,10,13H,5-6,9H2. The molecule has 1 aliphatic rings. The molecule has 0 amide bonds. The van der Waals surface area contributed by atoms with Gasteiger partial charge in [0.05, 0.1) is 17.3 Å². The molecule has 1 aromatic carbocycles. The Hall–Kier alpha value is -2.69. The van der Waals surface area contributed by atoms with Crippen molar-refractivity contribution < 1.29 is 0 Å². The quantitative estimate of drug-likeness (QED) is 0.692. The number of hydrogen-bond donors (Lipinski definition) is 0. The molecule has 1 aliphatic carbocycles. The summed E-state index contributed by atoms with van der Waals surface area (Å²) in [5.74, 6) is 0. The Balaban J connectivity index is 1.74. The van der Waals surface area contributed by atoms with Crippen LogP contribution in [0.5, 0.6) is 0 Å². The molecule has 2 aromatic heterocycles. The number of hydrogen-bond acceptors (Lipinski definition) is 5. The third-order valence-corrected chi connectivity index (χ3v) is 5.49. The van der Waals surface area contributed by atoms with Crippen LogP contribution in [-0.2, 0) is 6.54 Å². The molecule has 4 rings (SSSR count). The first-order valence-corrected chi connectivity index (χ1v) is 9.29. The first-order valence-electron chi connectivity index (χ1n) is 8.04. The van der Waals surface area contributed by atoms with Crippen LogP contribution in [-0.4, -0.2) is 14.1 Å². The van der Waals surface area contributed by atoms with E-state index in [-0.39, 0.29) is 18.2 Å². The van der Waals surface area contributed by atoms with E-state index in [1.165, 1.54) is 22.1 Å². The Labute approximate surface area is 157 Å². The fraction of sp³-hybridized carbons (Fsp3) is 0.222. The van der Waals surface area contributed by atoms with Crippen molar-refractivity contribution in [1.82, 2.24) is 14.1 Å². The summed E-state index contributed by atoms with van der Waals surface area (Å²) in [4.78, 5) is 29.6. The van der Waals surface area contributed by atoms with Crippen molar-refractivity contribution in [2.24, 2.45) is 0 Å². The summed E-state index contributed by atoms with van der Waals surface area (Å²) in [5, 5.41) is 12.3. The van der Waals surface area contributed by atoms with Crippen LogP contribution in [0.4, 0.5) is 0 Å². The summed E-state index contributed by atoms with van der Waals surface area (Å²) >= 11 is 7.60. The van der Waals surface area contributed by atoms with Crippen LogP contribution in [0, 0.1) is 11.3 Å². The van der Waals surface area contributed by atoms with E-state index in [1.54, 1.807) is 11.4 Å². The zero-order valence-electron chi connectivity index (χ0n) is 13.6. The molecule has 130 valence electrons. The van der Waals surface area contributed by atoms with Crippen LogP contribution in [0.2, 0.25) is 5.02 Å². The van der Waals surface area contributed by atoms with Gasteiger partial charge in [-0.05, 0) is 18.9 Å². The van der Waals surface area contributed by atoms with Gasteiger partial charge in [0.1, 0.15) is 16.6 Å². The van der Waals surface area contributed by atoms with E-state index < -0.39 is 11.2 Å². The highest BCUT2D eigenvalue weighted by atomic mass is 35.5. The highest BCUT2D eigenvalue weighted by molar-refractivity contribution is 7.13. The molecule has 3 aromatic rings. The second kappa shape index (κ2) is 6.56. The van der Waals surface area contributed by atoms with Crippen molar-refractivity contribution in [1.29, 1.82) is 5.26 Å². The molecule has 6 nitrogen and oxygen atoms in total. The van der Waals surface area contributed by atoms with Crippen LogP contribution < -0.4 is 11.2 Å². The SMILES string of the molecule is N#Cc1cn(C2CC2)c(=O)n(Cc2csc(-c3ccccc3Cl)n2)c1=O. The normalized spacial score (nSPS) is 13.5. The number of thiazole rings is 1. The van der Waals surface area contributed by atoms with Gasteiger partial charge in [0.2, 0.25) is 0 Å². The van der Waals surface area contributed by atoms with Gasteiger partial charge in [-0.1, -0.05) is 29.8 Å². The average molecular weight is 385 g/mol. The van der Waals surface area contributed by atoms with Crippen molar-refractivity contribution in [3.63, 3.8) is 0 Å². The molecule has 1 saturated carbocycles. The van der Waals surface area contributed by atoms with E-state index in [9.17, 15) is 14.9 Å². The minimum atomic E-state index is -0.582. The molecule has 0 aliphatic heterocycles. The fourth-order valence-corrected chi connectivity index (χ4v) is 3.88. The lowest BCUT2D eigenvalue weighted by molar-refractivity contribution is 0.584. The average Bonchev–Trinajstić information content (AvgIpc) is 3.37. The predicted octanol–water partition coefficient (Wildman–Crippen LogP) is 3.04. The van der Waals surface area contributed by atoms with Crippen molar-refractivity contribution in [3.8, 4) is 16.6 Å². The molecule has 0 saturated heterocycles. The van der Waals surface area contributed by atoms with E-state index in [0.29, 0.717) is 10.7 Å². The molecule has 1 fully saturated rings. The number of rotatable bonds is 4. The van der Waals surface area contributed by atoms with Crippen LogP contribution >= 0.6 is 22.9 Å². The van der Waals surface area contributed by atoms with Crippen LogP contribution in [0.25, 0.3) is 10.6 Å². The van der Waals surface area contributed by atoms with Crippen molar-refractivity contribution in [2.45, 2.75) is 25.4 Å². The van der Waals surface area contributed by atoms with E-state index in [4.69, 9.17) is 11.6 Å². The molecule has 2 heterocycles. The lowest BCUT2D eigenvalue weighted by Gasteiger charge is -2.09. The molecule has 26 heavy (non-hydrogen) atoms. The fourth-order valence-electron chi connectivity index (χ4n) is 2.75. The molecule has 0 atom stereocenters. The lowest BCUT2D eigenvalue weighted by atomic mass is 10.2. The minimum Gasteiger partial charge on any atom is -0.296 e. The summed E-state index contributed by atoms with van der Waals surface area (Å²) in [7, 11) is 0. The smallest absolute Gasteiger partial charge is 0.296 e. The van der Waals surface area contributed by atoms with Crippen molar-refractivity contribution in [2.75, 3.05) is 0 Å². The van der Waals surface area contributed by atoms with Gasteiger partial charge in [-0.2, -0.15) is 5.26 Å². The maximum atomic E-state index is 12.6. The molecule has 0 bridgehead atoms. The van der Waals surface area contributed by atoms with Gasteiger partial charge >= 0.3 is 5.69 Å². The van der Waals surface area contributed by atoms with Gasteiger partial charge in [-0.3, -0.25) is 13.9 Å². The number of nitrogens with zero attached hydrogens (tertiary/aromatic N) is 4. The van der Waals surface area contributed by atoms with Crippen LogP contribution in [0.1, 0.15) is 30.1 Å². The zero-order valence-corrected chi connectivity index (χ0v) is 15.1. The van der Waals surface area contributed by atoms with Gasteiger partial charge in [0, 0.05) is 23.2 Å². The summed E-state index contributed by atoms with van der Waals surface area (Å²) < 4.78 is 2.57. The van der Waals surface area contributed by atoms with E-state index in [0.717, 1.165) is 28.0 Å². The van der Waals surface area contributed by atoms with E-state index >= 15 is 0 Å². The lowest BCUT2D eigenvalue weighted by Crippen LogP contribution is -2.41. The second-order valence-corrected chi connectivity index (χ2v) is 7.36. The Kier molecular flexibility index (Phi) is 4.23. The number of benzene rings is 1. The van der Waals surface area contributed by atoms with Gasteiger partial charge in [0.15, 0.2) is 0 Å². The predicted molar refractivity (Wildman–Crippen MR) is 99.6 cm³/mol. The third-order valence-electron chi connectivity index (χ3n) is 4.23. The Morgan fingerprint density at radius 3 is 2.77 bits per heavy atom. The van der Waals surface area contributed by atoms with E-state index in [1.807, 2.05) is 24.3 Å². The van der Waals surface area contributed by atoms with E-state index in [2.05, 4.69) is 4.98 Å². The largest absolute Gasteiger partial charge is 0.331 e. The summed E-state index contributed by atoms with van der Waals surface area (Å²) in [6, 6.07) is 9.33. The third kappa shape index (κ3) is 2.98. The molecule has 0 spiro atoms. The molecule has 0 unspecified atom stereocenters. The highest BCUT2D eigenvalue weighted by Crippen LogP contribution is 2.33. The first-order chi connectivity index (χ1) is 12.6. The highest BCUT2D eigenvalue weighted by Gasteiger charge is 2.27. The summed E-state index contributed by atoms with van der Waals surface area (Å²) in [6.45, 7) is 0.0286. The van der Waals surface area contributed by atoms with Crippen LogP contribution in [0.15, 0.2) is 45.4 Å². The molecular weight excluding hydrogens is 372 g/mol. The molecular formula is C18H13ClN4O2S. The zero-order chi connectivity index (χ0) is 18.3. The number of nitriles is 1. The Morgan fingerprint density at radius 2 is 2.08 bits per heavy atom. The second-order valence-electron chi connectivity index (χ2n) is 6.09. The van der Waals surface area contributed by atoms with Gasteiger partial charge < -0.3 is 0 Å². The maximum absolute atomic E-state index is 12.6. The van der Waals surface area contributed by atoms with Gasteiger partial charge in [-0.15, -0.1) is 11.3 Å². The molecule has 0 radical (unpaired) electrons. The molecule has 0 N–H and O–H groups in total. The summed E-state index contributed by atoms with van der Waals surface area (Å²) in [6.07, 6.45) is 3.14. The Bertz CT molecular complexity index is 1150. The first kappa shape index (κ1) is 16.8. The maximum Gasteiger partial charge on any atom is 0.331 e. The van der Waals surface area contributed by atoms with Gasteiger partial charge in [0.25, 0.3) is 5.56 Å². The topological polar surface area (TPSA) is 80.7 Å². The van der Waals surface area contributed by atoms with Crippen LogP contribution in [0.3, 0.4) is 0 Å². The van der Waals surface area contributed by atoms with Crippen molar-refractivity contribution in [3.05, 3.63) is 73.0 Å². The monoisotopic (exact) mass is 384 g/mol. The number of halogens is 1.